The maximum absolute atomic E-state index is 11.1. The van der Waals surface area contributed by atoms with E-state index < -0.39 is 10.8 Å². The molecular weight excluding hydrogens is 860 g/mol. The van der Waals surface area contributed by atoms with Crippen LogP contribution in [0.4, 0.5) is 17.1 Å². The van der Waals surface area contributed by atoms with Crippen molar-refractivity contribution in [2.45, 2.75) is 20.6 Å². The highest BCUT2D eigenvalue weighted by atomic mass is 32.2. The molecule has 0 amide bonds. The predicted molar refractivity (Wildman–Crippen MR) is 282 cm³/mol. The highest BCUT2D eigenvalue weighted by molar-refractivity contribution is 7.99. The SMILES string of the molecule is [B]c1c(O)c([B])c2c(oc3cc(N(c4ccc(C5(c6ccccc6)c6ccccc6-c6ccccc65)cc4)c4ccc5c(c4)C(c4ccccc4)(c4ccccc4)c4ccccc4S5)ccc32)c1O. The lowest BCUT2D eigenvalue weighted by molar-refractivity contribution is 0.458. The van der Waals surface area contributed by atoms with Crippen LogP contribution in [0.2, 0.25) is 0 Å². The van der Waals surface area contributed by atoms with E-state index in [2.05, 4.69) is 211 Å². The van der Waals surface area contributed by atoms with Crippen LogP contribution < -0.4 is 15.8 Å². The molecule has 10 aromatic carbocycles. The molecule has 2 N–H and O–H groups in total. The van der Waals surface area contributed by atoms with Crippen molar-refractivity contribution in [2.75, 3.05) is 4.90 Å². The van der Waals surface area contributed by atoms with Crippen molar-refractivity contribution in [1.82, 2.24) is 0 Å². The van der Waals surface area contributed by atoms with E-state index in [4.69, 9.17) is 20.1 Å². The monoisotopic (exact) mass is 899 g/mol. The Kier molecular flexibility index (Phi) is 9.37. The van der Waals surface area contributed by atoms with Crippen LogP contribution in [0, 0.1) is 0 Å². The molecule has 7 heteroatoms. The van der Waals surface area contributed by atoms with Gasteiger partial charge in [0.25, 0.3) is 0 Å². The number of hydrogen-bond acceptors (Lipinski definition) is 5. The van der Waals surface area contributed by atoms with Gasteiger partial charge < -0.3 is 19.5 Å². The van der Waals surface area contributed by atoms with Gasteiger partial charge in [0.05, 0.1) is 10.8 Å². The van der Waals surface area contributed by atoms with Gasteiger partial charge in [0.15, 0.2) is 11.3 Å². The Hall–Kier alpha value is -8.12. The molecule has 2 heterocycles. The first-order valence-electron chi connectivity index (χ1n) is 23.0. The van der Waals surface area contributed by atoms with Gasteiger partial charge in [-0.25, -0.2) is 0 Å². The van der Waals surface area contributed by atoms with Crippen molar-refractivity contribution in [1.29, 1.82) is 0 Å². The van der Waals surface area contributed by atoms with Crippen LogP contribution in [0.15, 0.2) is 239 Å². The Bertz CT molecular complexity index is 3730. The van der Waals surface area contributed by atoms with E-state index in [1.807, 2.05) is 18.2 Å². The minimum atomic E-state index is -0.657. The lowest BCUT2D eigenvalue weighted by Gasteiger charge is -2.42. The van der Waals surface area contributed by atoms with Crippen molar-refractivity contribution < 1.29 is 14.6 Å². The van der Waals surface area contributed by atoms with E-state index in [1.165, 1.54) is 59.9 Å². The summed E-state index contributed by atoms with van der Waals surface area (Å²) in [6, 6.07) is 80.6. The summed E-state index contributed by atoms with van der Waals surface area (Å²) in [7, 11) is 12.6. The Labute approximate surface area is 407 Å². The molecule has 0 spiro atoms. The van der Waals surface area contributed by atoms with Gasteiger partial charge in [-0.05, 0) is 115 Å². The number of fused-ring (bicyclic) bond motifs is 8. The molecule has 69 heavy (non-hydrogen) atoms. The van der Waals surface area contributed by atoms with Crippen molar-refractivity contribution >= 4 is 77.4 Å². The average molecular weight is 900 g/mol. The second-order valence-corrected chi connectivity index (χ2v) is 18.9. The van der Waals surface area contributed by atoms with E-state index in [9.17, 15) is 10.2 Å². The zero-order chi connectivity index (χ0) is 46.4. The molecule has 13 rings (SSSR count). The number of phenolic OH excluding ortho intramolecular Hbond substituents is 2. The summed E-state index contributed by atoms with van der Waals surface area (Å²) in [6.07, 6.45) is 0. The standard InChI is InChI=1S/C62H39B2NO3S/c63-56-55-47-34-32-44(37-52(47)68-60(55)59(67)57(64)58(56)66)65(42-30-28-41(29-31-42)61(38-16-4-1-5-17-38)48-24-12-10-22-45(48)46-23-11-13-25-49(46)61)43-33-35-54-51(36-43)62(39-18-6-2-7-19-39,40-20-8-3-9-21-40)50-26-14-15-27-53(50)69-54/h1-37,66-67H. The number of benzene rings is 10. The zero-order valence-corrected chi connectivity index (χ0v) is 38.0. The van der Waals surface area contributed by atoms with Gasteiger partial charge in [-0.15, -0.1) is 0 Å². The van der Waals surface area contributed by atoms with E-state index >= 15 is 0 Å². The summed E-state index contributed by atoms with van der Waals surface area (Å²) in [5, 5.41) is 23.0. The van der Waals surface area contributed by atoms with Gasteiger partial charge >= 0.3 is 0 Å². The van der Waals surface area contributed by atoms with Gasteiger partial charge in [-0.1, -0.05) is 182 Å². The second-order valence-electron chi connectivity index (χ2n) is 17.9. The maximum Gasteiger partial charge on any atom is 0.176 e. The number of nitrogens with zero attached hydrogens (tertiary/aromatic N) is 1. The van der Waals surface area contributed by atoms with Crippen LogP contribution in [-0.4, -0.2) is 25.9 Å². The zero-order valence-electron chi connectivity index (χ0n) is 37.2. The molecule has 0 saturated heterocycles. The smallest absolute Gasteiger partial charge is 0.176 e. The van der Waals surface area contributed by atoms with Crippen LogP contribution in [0.25, 0.3) is 33.1 Å². The third kappa shape index (κ3) is 5.87. The van der Waals surface area contributed by atoms with Crippen LogP contribution in [-0.2, 0) is 10.8 Å². The minimum Gasteiger partial charge on any atom is -0.509 e. The molecule has 1 aliphatic heterocycles. The van der Waals surface area contributed by atoms with Gasteiger partial charge in [0.2, 0.25) is 0 Å². The van der Waals surface area contributed by atoms with Gasteiger partial charge in [-0.2, -0.15) is 0 Å². The lowest BCUT2D eigenvalue weighted by atomic mass is 9.64. The number of hydrogen-bond donors (Lipinski definition) is 2. The van der Waals surface area contributed by atoms with Crippen molar-refractivity contribution in [2.24, 2.45) is 0 Å². The van der Waals surface area contributed by atoms with Crippen LogP contribution in [0.5, 0.6) is 11.5 Å². The molecule has 0 fully saturated rings. The summed E-state index contributed by atoms with van der Waals surface area (Å²) in [4.78, 5) is 4.65. The van der Waals surface area contributed by atoms with Crippen LogP contribution in [0.3, 0.4) is 0 Å². The Morgan fingerprint density at radius 1 is 0.406 bits per heavy atom. The summed E-state index contributed by atoms with van der Waals surface area (Å²) in [6.45, 7) is 0. The predicted octanol–water partition coefficient (Wildman–Crippen LogP) is 13.3. The van der Waals surface area contributed by atoms with Gasteiger partial charge in [0.1, 0.15) is 27.0 Å². The molecule has 1 aromatic heterocycles. The Morgan fingerprint density at radius 3 is 1.48 bits per heavy atom. The number of furan rings is 1. The molecule has 0 unspecified atom stereocenters. The largest absolute Gasteiger partial charge is 0.509 e. The first-order chi connectivity index (χ1) is 33.9. The molecule has 4 nitrogen and oxygen atoms in total. The third-order valence-electron chi connectivity index (χ3n) is 14.4. The molecule has 322 valence electrons. The molecule has 0 atom stereocenters. The van der Waals surface area contributed by atoms with E-state index in [0.717, 1.165) is 22.6 Å². The van der Waals surface area contributed by atoms with E-state index in [-0.39, 0.29) is 28.0 Å². The first kappa shape index (κ1) is 41.1. The first-order valence-corrected chi connectivity index (χ1v) is 23.8. The number of aromatic hydroxyl groups is 2. The number of rotatable bonds is 7. The molecule has 4 radical (unpaired) electrons. The van der Waals surface area contributed by atoms with Crippen molar-refractivity contribution in [3.05, 3.63) is 269 Å². The molecule has 2 aliphatic rings. The summed E-state index contributed by atoms with van der Waals surface area (Å²) < 4.78 is 6.41. The lowest BCUT2D eigenvalue weighted by Crippen LogP contribution is -2.34. The highest BCUT2D eigenvalue weighted by Crippen LogP contribution is 2.58. The van der Waals surface area contributed by atoms with Crippen molar-refractivity contribution in [3.8, 4) is 22.6 Å². The normalized spacial score (nSPS) is 13.9. The molecule has 1 aliphatic carbocycles. The fourth-order valence-electron chi connectivity index (χ4n) is 11.5. The quantitative estimate of drug-likeness (QED) is 0.156. The highest BCUT2D eigenvalue weighted by Gasteiger charge is 2.47. The molecule has 11 aromatic rings. The van der Waals surface area contributed by atoms with Crippen molar-refractivity contribution in [3.63, 3.8) is 0 Å². The summed E-state index contributed by atoms with van der Waals surface area (Å²) >= 11 is 1.80. The number of anilines is 3. The molecular formula is C62H39B2NO3S. The van der Waals surface area contributed by atoms with E-state index in [0.29, 0.717) is 16.4 Å². The fourth-order valence-corrected chi connectivity index (χ4v) is 12.7. The maximum atomic E-state index is 11.1. The Balaban J connectivity index is 1.06. The van der Waals surface area contributed by atoms with Crippen LogP contribution >= 0.6 is 11.8 Å². The second kappa shape index (κ2) is 15.7. The average Bonchev–Trinajstić information content (AvgIpc) is 3.94. The summed E-state index contributed by atoms with van der Waals surface area (Å²) in [5.74, 6) is -0.724. The Morgan fingerprint density at radius 2 is 0.870 bits per heavy atom. The number of phenols is 2. The minimum absolute atomic E-state index is 0.0484. The van der Waals surface area contributed by atoms with E-state index in [1.54, 1.807) is 11.8 Å². The van der Waals surface area contributed by atoms with Gasteiger partial charge in [0, 0.05) is 43.7 Å². The fraction of sp³-hybridized carbons (Fsp3) is 0.0323. The molecule has 0 saturated carbocycles. The summed E-state index contributed by atoms with van der Waals surface area (Å²) in [5.41, 5.74) is 13.9. The van der Waals surface area contributed by atoms with Gasteiger partial charge in [-0.3, -0.25) is 0 Å². The molecule has 0 bridgehead atoms. The third-order valence-corrected chi connectivity index (χ3v) is 15.6. The van der Waals surface area contributed by atoms with Crippen LogP contribution in [0.1, 0.15) is 44.5 Å². The topological polar surface area (TPSA) is 56.8 Å².